The molecule has 3 N–H and O–H groups in total. The summed E-state index contributed by atoms with van der Waals surface area (Å²) in [5.41, 5.74) is 10.0. The largest absolute Gasteiger partial charge is 0.508 e. The van der Waals surface area contributed by atoms with Crippen LogP contribution in [0.4, 0.5) is 0 Å². The smallest absolute Gasteiger partial charge is 0.116 e. The van der Waals surface area contributed by atoms with Crippen LogP contribution in [-0.4, -0.2) is 9.67 Å². The van der Waals surface area contributed by atoms with E-state index in [1.54, 1.807) is 6.07 Å². The summed E-state index contributed by atoms with van der Waals surface area (Å²) in [6, 6.07) is 5.56. The van der Waals surface area contributed by atoms with Crippen LogP contribution in [0.25, 0.3) is 10.9 Å². The van der Waals surface area contributed by atoms with Gasteiger partial charge >= 0.3 is 0 Å². The van der Waals surface area contributed by atoms with Crippen LogP contribution in [0.1, 0.15) is 36.9 Å². The molecule has 1 aliphatic rings. The average Bonchev–Trinajstić information content (AvgIpc) is 2.85. The Morgan fingerprint density at radius 3 is 2.61 bits per heavy atom. The second-order valence-electron chi connectivity index (χ2n) is 5.58. The molecule has 1 aliphatic carbocycles. The third-order valence-corrected chi connectivity index (χ3v) is 4.47. The van der Waals surface area contributed by atoms with Crippen LogP contribution in [0, 0.1) is 6.92 Å². The highest BCUT2D eigenvalue weighted by Gasteiger charge is 2.35. The number of benzene rings is 1. The molecule has 1 aromatic heterocycles. The third-order valence-electron chi connectivity index (χ3n) is 4.47. The van der Waals surface area contributed by atoms with E-state index in [9.17, 15) is 5.11 Å². The lowest BCUT2D eigenvalue weighted by Gasteiger charge is -2.24. The number of fused-ring (bicyclic) bond motifs is 1. The van der Waals surface area contributed by atoms with Gasteiger partial charge in [-0.25, -0.2) is 0 Å². The second-order valence-corrected chi connectivity index (χ2v) is 5.58. The Hall–Kier alpha value is -1.48. The van der Waals surface area contributed by atoms with Crippen molar-refractivity contribution >= 4 is 10.9 Å². The van der Waals surface area contributed by atoms with Crippen molar-refractivity contribution in [2.45, 2.75) is 38.1 Å². The molecule has 3 rings (SSSR count). The van der Waals surface area contributed by atoms with E-state index in [1.165, 1.54) is 24.1 Å². The Labute approximate surface area is 107 Å². The molecule has 96 valence electrons. The molecule has 0 spiro atoms. The Balaban J connectivity index is 2.34. The van der Waals surface area contributed by atoms with E-state index >= 15 is 0 Å². The van der Waals surface area contributed by atoms with E-state index in [0.29, 0.717) is 5.75 Å². The monoisotopic (exact) mass is 244 g/mol. The molecule has 0 saturated heterocycles. The lowest BCUT2D eigenvalue weighted by atomic mass is 9.87. The number of phenolic OH excluding ortho intramolecular Hbond substituents is 1. The molecule has 2 aromatic rings. The van der Waals surface area contributed by atoms with Gasteiger partial charge in [-0.05, 0) is 38.0 Å². The quantitative estimate of drug-likeness (QED) is 0.810. The van der Waals surface area contributed by atoms with Gasteiger partial charge in [0.1, 0.15) is 5.75 Å². The van der Waals surface area contributed by atoms with E-state index in [2.05, 4.69) is 18.5 Å². The molecule has 1 aromatic carbocycles. The fraction of sp³-hybridized carbons (Fsp3) is 0.467. The first-order valence-electron chi connectivity index (χ1n) is 6.60. The van der Waals surface area contributed by atoms with Crippen LogP contribution in [0.15, 0.2) is 18.2 Å². The van der Waals surface area contributed by atoms with Crippen molar-refractivity contribution in [1.82, 2.24) is 4.57 Å². The van der Waals surface area contributed by atoms with Gasteiger partial charge in [0.05, 0.1) is 0 Å². The molecule has 1 heterocycles. The Bertz CT molecular complexity index is 606. The topological polar surface area (TPSA) is 51.2 Å². The van der Waals surface area contributed by atoms with Gasteiger partial charge < -0.3 is 15.4 Å². The van der Waals surface area contributed by atoms with Crippen molar-refractivity contribution in [3.63, 3.8) is 0 Å². The van der Waals surface area contributed by atoms with E-state index in [4.69, 9.17) is 5.73 Å². The van der Waals surface area contributed by atoms with Crippen LogP contribution in [0.3, 0.4) is 0 Å². The number of phenols is 1. The summed E-state index contributed by atoms with van der Waals surface area (Å²) in [5, 5.41) is 10.8. The van der Waals surface area contributed by atoms with Gasteiger partial charge in [-0.1, -0.05) is 12.8 Å². The van der Waals surface area contributed by atoms with Crippen molar-refractivity contribution in [2.75, 3.05) is 0 Å². The van der Waals surface area contributed by atoms with Crippen LogP contribution in [-0.2, 0) is 12.6 Å². The lowest BCUT2D eigenvalue weighted by Crippen LogP contribution is -2.33. The standard InChI is InChI=1S/C15H20N2O/c1-10-14(15(16)7-3-4-8-15)12-9-11(18)5-6-13(12)17(10)2/h5-6,9,18H,3-4,7-8,16H2,1-2H3. The number of nitrogens with two attached hydrogens (primary N) is 1. The molecular weight excluding hydrogens is 224 g/mol. The number of hydrogen-bond acceptors (Lipinski definition) is 2. The predicted molar refractivity (Wildman–Crippen MR) is 73.7 cm³/mol. The van der Waals surface area contributed by atoms with Gasteiger partial charge in [0.25, 0.3) is 0 Å². The Morgan fingerprint density at radius 1 is 1.28 bits per heavy atom. The summed E-state index contributed by atoms with van der Waals surface area (Å²) in [7, 11) is 2.07. The van der Waals surface area contributed by atoms with Crippen molar-refractivity contribution in [3.05, 3.63) is 29.5 Å². The normalized spacial score (nSPS) is 18.6. The highest BCUT2D eigenvalue weighted by atomic mass is 16.3. The number of hydrogen-bond donors (Lipinski definition) is 2. The van der Waals surface area contributed by atoms with Crippen LogP contribution >= 0.6 is 0 Å². The number of rotatable bonds is 1. The fourth-order valence-corrected chi connectivity index (χ4v) is 3.44. The summed E-state index contributed by atoms with van der Waals surface area (Å²) in [4.78, 5) is 0. The van der Waals surface area contributed by atoms with Crippen molar-refractivity contribution in [1.29, 1.82) is 0 Å². The van der Waals surface area contributed by atoms with Gasteiger partial charge in [-0.15, -0.1) is 0 Å². The number of aromatic hydroxyl groups is 1. The molecule has 0 bridgehead atoms. The SMILES string of the molecule is Cc1c(C2(N)CCCC2)c2cc(O)ccc2n1C. The minimum absolute atomic E-state index is 0.211. The van der Waals surface area contributed by atoms with E-state index in [1.807, 2.05) is 12.1 Å². The van der Waals surface area contributed by atoms with Gasteiger partial charge in [-0.3, -0.25) is 0 Å². The molecule has 0 aliphatic heterocycles. The third kappa shape index (κ3) is 1.47. The Morgan fingerprint density at radius 2 is 1.94 bits per heavy atom. The molecule has 0 radical (unpaired) electrons. The minimum atomic E-state index is -0.211. The molecule has 0 unspecified atom stereocenters. The molecule has 1 fully saturated rings. The summed E-state index contributed by atoms with van der Waals surface area (Å²) in [6.07, 6.45) is 4.49. The maximum Gasteiger partial charge on any atom is 0.116 e. The van der Waals surface area contributed by atoms with Gasteiger partial charge in [0.2, 0.25) is 0 Å². The lowest BCUT2D eigenvalue weighted by molar-refractivity contribution is 0.460. The fourth-order valence-electron chi connectivity index (χ4n) is 3.44. The molecule has 18 heavy (non-hydrogen) atoms. The minimum Gasteiger partial charge on any atom is -0.508 e. The average molecular weight is 244 g/mol. The van der Waals surface area contributed by atoms with E-state index in [0.717, 1.165) is 23.7 Å². The van der Waals surface area contributed by atoms with Crippen molar-refractivity contribution in [3.8, 4) is 5.75 Å². The molecule has 3 nitrogen and oxygen atoms in total. The first-order valence-corrected chi connectivity index (χ1v) is 6.60. The first-order chi connectivity index (χ1) is 8.53. The molecule has 3 heteroatoms. The zero-order chi connectivity index (χ0) is 12.9. The highest BCUT2D eigenvalue weighted by Crippen LogP contribution is 2.42. The molecular formula is C15H20N2O. The Kier molecular flexibility index (Phi) is 2.42. The highest BCUT2D eigenvalue weighted by molar-refractivity contribution is 5.87. The van der Waals surface area contributed by atoms with Gasteiger partial charge in [0, 0.05) is 34.7 Å². The van der Waals surface area contributed by atoms with Crippen LogP contribution < -0.4 is 5.73 Å². The number of nitrogens with zero attached hydrogens (tertiary/aromatic N) is 1. The van der Waals surface area contributed by atoms with Crippen molar-refractivity contribution < 1.29 is 5.11 Å². The maximum absolute atomic E-state index is 9.73. The van der Waals surface area contributed by atoms with Gasteiger partial charge in [-0.2, -0.15) is 0 Å². The second kappa shape index (κ2) is 3.75. The zero-order valence-corrected chi connectivity index (χ0v) is 11.0. The molecule has 1 saturated carbocycles. The summed E-state index contributed by atoms with van der Waals surface area (Å²) >= 11 is 0. The number of aromatic nitrogens is 1. The zero-order valence-electron chi connectivity index (χ0n) is 11.0. The van der Waals surface area contributed by atoms with Crippen molar-refractivity contribution in [2.24, 2.45) is 12.8 Å². The first kappa shape index (κ1) is 11.6. The van der Waals surface area contributed by atoms with Crippen LogP contribution in [0.2, 0.25) is 0 Å². The van der Waals surface area contributed by atoms with E-state index < -0.39 is 0 Å². The van der Waals surface area contributed by atoms with Gasteiger partial charge in [0.15, 0.2) is 0 Å². The van der Waals surface area contributed by atoms with Crippen LogP contribution in [0.5, 0.6) is 5.75 Å². The number of aryl methyl sites for hydroxylation is 1. The summed E-state index contributed by atoms with van der Waals surface area (Å²) in [5.74, 6) is 0.316. The van der Waals surface area contributed by atoms with E-state index in [-0.39, 0.29) is 5.54 Å². The molecule has 0 amide bonds. The summed E-state index contributed by atoms with van der Waals surface area (Å²) in [6.45, 7) is 2.12. The maximum atomic E-state index is 9.73. The predicted octanol–water partition coefficient (Wildman–Crippen LogP) is 2.92. The molecule has 0 atom stereocenters. The summed E-state index contributed by atoms with van der Waals surface area (Å²) < 4.78 is 2.18.